The van der Waals surface area contributed by atoms with E-state index in [-0.39, 0.29) is 23.9 Å². The van der Waals surface area contributed by atoms with Crippen molar-refractivity contribution in [2.24, 2.45) is 11.7 Å². The second-order valence-corrected chi connectivity index (χ2v) is 4.89. The summed E-state index contributed by atoms with van der Waals surface area (Å²) < 4.78 is 0. The van der Waals surface area contributed by atoms with Gasteiger partial charge in [0.2, 0.25) is 5.91 Å². The fraction of sp³-hybridized carbons (Fsp3) is 0.909. The number of thioether (sulfide) groups is 1. The van der Waals surface area contributed by atoms with Crippen LogP contribution in [0.4, 0.5) is 0 Å². The van der Waals surface area contributed by atoms with Crippen molar-refractivity contribution in [2.75, 3.05) is 12.0 Å². The van der Waals surface area contributed by atoms with E-state index < -0.39 is 0 Å². The molecule has 1 amide bonds. The lowest BCUT2D eigenvalue weighted by atomic mass is 9.99. The van der Waals surface area contributed by atoms with Crippen molar-refractivity contribution in [1.29, 1.82) is 0 Å². The molecule has 0 aromatic rings. The van der Waals surface area contributed by atoms with Crippen LogP contribution in [-0.4, -0.2) is 30.0 Å². The fourth-order valence-corrected chi connectivity index (χ4v) is 1.99. The highest BCUT2D eigenvalue weighted by Crippen LogP contribution is 2.07. The van der Waals surface area contributed by atoms with E-state index in [0.717, 1.165) is 18.6 Å². The predicted molar refractivity (Wildman–Crippen MR) is 68.0 cm³/mol. The molecule has 90 valence electrons. The molecule has 0 rings (SSSR count). The maximum atomic E-state index is 11.7. The highest BCUT2D eigenvalue weighted by molar-refractivity contribution is 7.98. The van der Waals surface area contributed by atoms with E-state index in [1.807, 2.05) is 13.2 Å². The normalized spacial score (nSPS) is 16.9. The lowest BCUT2D eigenvalue weighted by Crippen LogP contribution is -2.48. The maximum absolute atomic E-state index is 11.7. The van der Waals surface area contributed by atoms with Crippen LogP contribution in [0.2, 0.25) is 0 Å². The van der Waals surface area contributed by atoms with Gasteiger partial charge in [-0.05, 0) is 18.6 Å². The molecule has 3 N–H and O–H groups in total. The van der Waals surface area contributed by atoms with E-state index in [2.05, 4.69) is 19.2 Å². The summed E-state index contributed by atoms with van der Waals surface area (Å²) in [5.74, 6) is 1.19. The molecule has 0 aliphatic heterocycles. The van der Waals surface area contributed by atoms with E-state index in [9.17, 15) is 4.79 Å². The van der Waals surface area contributed by atoms with E-state index in [4.69, 9.17) is 5.73 Å². The van der Waals surface area contributed by atoms with Crippen molar-refractivity contribution in [3.8, 4) is 0 Å². The van der Waals surface area contributed by atoms with Gasteiger partial charge in [-0.1, -0.05) is 27.2 Å². The third kappa shape index (κ3) is 5.42. The van der Waals surface area contributed by atoms with Gasteiger partial charge in [0.15, 0.2) is 0 Å². The molecule has 0 spiro atoms. The van der Waals surface area contributed by atoms with Crippen molar-refractivity contribution in [3.05, 3.63) is 0 Å². The maximum Gasteiger partial charge on any atom is 0.237 e. The van der Waals surface area contributed by atoms with Gasteiger partial charge >= 0.3 is 0 Å². The highest BCUT2D eigenvalue weighted by Gasteiger charge is 2.21. The summed E-state index contributed by atoms with van der Waals surface area (Å²) in [4.78, 5) is 11.7. The Bertz CT molecular complexity index is 187. The molecule has 0 saturated carbocycles. The molecular formula is C11H24N2OS. The lowest BCUT2D eigenvalue weighted by Gasteiger charge is -2.22. The quantitative estimate of drug-likeness (QED) is 0.701. The zero-order chi connectivity index (χ0) is 11.8. The van der Waals surface area contributed by atoms with E-state index in [1.165, 1.54) is 0 Å². The number of carbonyl (C=O) groups is 1. The number of nitrogens with two attached hydrogens (primary N) is 1. The minimum atomic E-state index is -0.370. The number of nitrogens with one attached hydrogen (secondary N) is 1. The van der Waals surface area contributed by atoms with Crippen LogP contribution in [0.25, 0.3) is 0 Å². The van der Waals surface area contributed by atoms with Gasteiger partial charge in [0.25, 0.3) is 0 Å². The number of carbonyl (C=O) groups excluding carboxylic acids is 1. The van der Waals surface area contributed by atoms with Gasteiger partial charge < -0.3 is 11.1 Å². The predicted octanol–water partition coefficient (Wildman–Crippen LogP) is 1.62. The second kappa shape index (κ2) is 7.99. The van der Waals surface area contributed by atoms with Gasteiger partial charge in [-0.15, -0.1) is 0 Å². The summed E-state index contributed by atoms with van der Waals surface area (Å²) in [6.45, 7) is 6.15. The Morgan fingerprint density at radius 3 is 2.40 bits per heavy atom. The van der Waals surface area contributed by atoms with E-state index in [0.29, 0.717) is 0 Å². The van der Waals surface area contributed by atoms with Crippen LogP contribution < -0.4 is 11.1 Å². The van der Waals surface area contributed by atoms with Crippen LogP contribution in [0.1, 0.15) is 33.6 Å². The van der Waals surface area contributed by atoms with Crippen LogP contribution in [-0.2, 0) is 4.79 Å². The van der Waals surface area contributed by atoms with Crippen LogP contribution in [0.5, 0.6) is 0 Å². The van der Waals surface area contributed by atoms with Crippen molar-refractivity contribution in [1.82, 2.24) is 5.32 Å². The third-order valence-corrected chi connectivity index (χ3v) is 3.50. The van der Waals surface area contributed by atoms with Gasteiger partial charge in [0.05, 0.1) is 6.04 Å². The standard InChI is InChI=1S/C11H24N2OS/c1-5-8(3)10(12)11(14)13-9(6-2)7-15-4/h8-10H,5-7,12H2,1-4H3,(H,13,14)/t8?,9?,10-/m0/s1. The minimum absolute atomic E-state index is 0.00903. The van der Waals surface area contributed by atoms with Crippen molar-refractivity contribution < 1.29 is 4.79 Å². The first kappa shape index (κ1) is 14.8. The average molecular weight is 232 g/mol. The van der Waals surface area contributed by atoms with Crippen molar-refractivity contribution in [3.63, 3.8) is 0 Å². The van der Waals surface area contributed by atoms with E-state index >= 15 is 0 Å². The first-order valence-electron chi connectivity index (χ1n) is 5.61. The zero-order valence-corrected chi connectivity index (χ0v) is 11.1. The smallest absolute Gasteiger partial charge is 0.237 e. The molecule has 0 aromatic heterocycles. The average Bonchev–Trinajstić information content (AvgIpc) is 2.26. The minimum Gasteiger partial charge on any atom is -0.351 e. The zero-order valence-electron chi connectivity index (χ0n) is 10.2. The monoisotopic (exact) mass is 232 g/mol. The van der Waals surface area contributed by atoms with E-state index in [1.54, 1.807) is 11.8 Å². The Morgan fingerprint density at radius 1 is 1.40 bits per heavy atom. The van der Waals surface area contributed by atoms with Crippen LogP contribution in [0, 0.1) is 5.92 Å². The Morgan fingerprint density at radius 2 is 2.00 bits per heavy atom. The third-order valence-electron chi connectivity index (χ3n) is 2.77. The number of rotatable bonds is 7. The molecule has 3 atom stereocenters. The molecule has 0 aromatic carbocycles. The SMILES string of the molecule is CCC(CSC)NC(=O)[C@@H](N)C(C)CC. The molecule has 0 aliphatic rings. The summed E-state index contributed by atoms with van der Waals surface area (Å²) >= 11 is 1.75. The Kier molecular flexibility index (Phi) is 7.88. The van der Waals surface area contributed by atoms with Gasteiger partial charge in [-0.3, -0.25) is 4.79 Å². The molecule has 0 radical (unpaired) electrons. The van der Waals surface area contributed by atoms with Crippen LogP contribution in [0.15, 0.2) is 0 Å². The van der Waals surface area contributed by atoms with Crippen LogP contribution >= 0.6 is 11.8 Å². The summed E-state index contributed by atoms with van der Waals surface area (Å²) in [6.07, 6.45) is 3.94. The van der Waals surface area contributed by atoms with Crippen molar-refractivity contribution >= 4 is 17.7 Å². The van der Waals surface area contributed by atoms with Gasteiger partial charge in [-0.25, -0.2) is 0 Å². The molecule has 4 heteroatoms. The molecule has 0 bridgehead atoms. The molecule has 0 heterocycles. The first-order chi connectivity index (χ1) is 7.06. The van der Waals surface area contributed by atoms with Gasteiger partial charge in [0, 0.05) is 11.8 Å². The van der Waals surface area contributed by atoms with Crippen LogP contribution in [0.3, 0.4) is 0 Å². The van der Waals surface area contributed by atoms with Gasteiger partial charge in [0.1, 0.15) is 0 Å². The summed E-state index contributed by atoms with van der Waals surface area (Å²) in [7, 11) is 0. The fourth-order valence-electron chi connectivity index (χ4n) is 1.27. The molecule has 0 aliphatic carbocycles. The molecular weight excluding hydrogens is 208 g/mol. The molecule has 3 nitrogen and oxygen atoms in total. The Balaban J connectivity index is 4.09. The molecule has 2 unspecified atom stereocenters. The number of hydrogen-bond donors (Lipinski definition) is 2. The second-order valence-electron chi connectivity index (χ2n) is 3.98. The number of hydrogen-bond acceptors (Lipinski definition) is 3. The largest absolute Gasteiger partial charge is 0.351 e. The Labute approximate surface area is 97.6 Å². The Hall–Kier alpha value is -0.220. The molecule has 15 heavy (non-hydrogen) atoms. The lowest BCUT2D eigenvalue weighted by molar-refractivity contribution is -0.124. The summed E-state index contributed by atoms with van der Waals surface area (Å²) in [5.41, 5.74) is 5.85. The molecule has 0 fully saturated rings. The first-order valence-corrected chi connectivity index (χ1v) is 7.01. The number of amides is 1. The summed E-state index contributed by atoms with van der Waals surface area (Å²) in [6, 6.07) is -0.117. The van der Waals surface area contributed by atoms with Gasteiger partial charge in [-0.2, -0.15) is 11.8 Å². The molecule has 0 saturated heterocycles. The van der Waals surface area contributed by atoms with Crippen molar-refractivity contribution in [2.45, 2.75) is 45.7 Å². The topological polar surface area (TPSA) is 55.1 Å². The summed E-state index contributed by atoms with van der Waals surface area (Å²) in [5, 5.41) is 3.00. The highest BCUT2D eigenvalue weighted by atomic mass is 32.2.